The van der Waals surface area contributed by atoms with E-state index in [2.05, 4.69) is 10.3 Å². The molecule has 1 aliphatic carbocycles. The fourth-order valence-electron chi connectivity index (χ4n) is 2.30. The second-order valence-corrected chi connectivity index (χ2v) is 5.09. The lowest BCUT2D eigenvalue weighted by atomic mass is 9.96. The van der Waals surface area contributed by atoms with Gasteiger partial charge in [-0.25, -0.2) is 9.37 Å². The van der Waals surface area contributed by atoms with Crippen molar-refractivity contribution < 1.29 is 17.6 Å². The van der Waals surface area contributed by atoms with Crippen molar-refractivity contribution in [2.75, 3.05) is 5.32 Å². The minimum absolute atomic E-state index is 0.170. The molecule has 3 nitrogen and oxygen atoms in total. The smallest absolute Gasteiger partial charge is 0.361 e. The summed E-state index contributed by atoms with van der Waals surface area (Å²) in [5, 5.41) is 2.84. The molecule has 2 atom stereocenters. The van der Waals surface area contributed by atoms with E-state index in [4.69, 9.17) is 5.73 Å². The third-order valence-electron chi connectivity index (χ3n) is 3.60. The molecule has 1 unspecified atom stereocenters. The molecule has 1 saturated carbocycles. The fourth-order valence-corrected chi connectivity index (χ4v) is 2.30. The first-order chi connectivity index (χ1) is 8.72. The Morgan fingerprint density at radius 3 is 2.63 bits per heavy atom. The van der Waals surface area contributed by atoms with Crippen molar-refractivity contribution in [1.82, 2.24) is 4.98 Å². The van der Waals surface area contributed by atoms with Crippen LogP contribution in [0.3, 0.4) is 0 Å². The van der Waals surface area contributed by atoms with E-state index in [0.29, 0.717) is 12.3 Å². The standard InChI is InChI=1S/C12H15F4N3/c1-11(4-2-3-9(11)17)19-10-8(13)5-7(6-18-10)12(14,15)16/h5-6,9H,2-4,17H2,1H3,(H,18,19)/t9?,11-/m0/s1. The second-order valence-electron chi connectivity index (χ2n) is 5.09. The molecule has 1 heterocycles. The molecule has 0 bridgehead atoms. The molecule has 3 N–H and O–H groups in total. The molecule has 1 aromatic rings. The van der Waals surface area contributed by atoms with Crippen LogP contribution < -0.4 is 11.1 Å². The molecule has 1 aliphatic rings. The lowest BCUT2D eigenvalue weighted by molar-refractivity contribution is -0.138. The fraction of sp³-hybridized carbons (Fsp3) is 0.583. The molecule has 1 fully saturated rings. The van der Waals surface area contributed by atoms with Crippen molar-refractivity contribution in [3.63, 3.8) is 0 Å². The summed E-state index contributed by atoms with van der Waals surface area (Å²) in [7, 11) is 0. The van der Waals surface area contributed by atoms with Crippen LogP contribution in [0.2, 0.25) is 0 Å². The summed E-state index contributed by atoms with van der Waals surface area (Å²) in [5.41, 5.74) is 4.28. The second kappa shape index (κ2) is 4.63. The van der Waals surface area contributed by atoms with Gasteiger partial charge in [-0.3, -0.25) is 0 Å². The maximum atomic E-state index is 13.7. The van der Waals surface area contributed by atoms with Crippen LogP contribution in [-0.2, 0) is 6.18 Å². The van der Waals surface area contributed by atoms with Crippen molar-refractivity contribution in [1.29, 1.82) is 0 Å². The predicted molar refractivity (Wildman–Crippen MR) is 63.1 cm³/mol. The maximum Gasteiger partial charge on any atom is 0.417 e. The molecule has 0 amide bonds. The number of alkyl halides is 3. The Labute approximate surface area is 108 Å². The van der Waals surface area contributed by atoms with Crippen molar-refractivity contribution in [3.8, 4) is 0 Å². The van der Waals surface area contributed by atoms with Crippen molar-refractivity contribution in [2.24, 2.45) is 5.73 Å². The van der Waals surface area contributed by atoms with Crippen molar-refractivity contribution >= 4 is 5.82 Å². The molecule has 0 radical (unpaired) electrons. The first-order valence-electron chi connectivity index (χ1n) is 5.99. The summed E-state index contributed by atoms with van der Waals surface area (Å²) in [6.45, 7) is 1.82. The number of hydrogen-bond donors (Lipinski definition) is 2. The number of aromatic nitrogens is 1. The quantitative estimate of drug-likeness (QED) is 0.817. The molecule has 0 spiro atoms. The largest absolute Gasteiger partial charge is 0.417 e. The molecule has 0 saturated heterocycles. The van der Waals surface area contributed by atoms with E-state index in [1.54, 1.807) is 0 Å². The average molecular weight is 277 g/mol. The molecular weight excluding hydrogens is 262 g/mol. The van der Waals surface area contributed by atoms with Gasteiger partial charge in [-0.15, -0.1) is 0 Å². The van der Waals surface area contributed by atoms with Gasteiger partial charge in [0, 0.05) is 12.2 Å². The average Bonchev–Trinajstić information content (AvgIpc) is 2.61. The zero-order valence-electron chi connectivity index (χ0n) is 10.4. The van der Waals surface area contributed by atoms with Gasteiger partial charge in [0.1, 0.15) is 0 Å². The van der Waals surface area contributed by atoms with E-state index in [9.17, 15) is 17.6 Å². The van der Waals surface area contributed by atoms with Gasteiger partial charge in [0.05, 0.1) is 11.1 Å². The van der Waals surface area contributed by atoms with Crippen LogP contribution in [0.1, 0.15) is 31.7 Å². The van der Waals surface area contributed by atoms with Gasteiger partial charge in [-0.1, -0.05) is 0 Å². The first kappa shape index (κ1) is 14.0. The summed E-state index contributed by atoms with van der Waals surface area (Å²) in [4.78, 5) is 3.53. The summed E-state index contributed by atoms with van der Waals surface area (Å²) in [5.74, 6) is -1.21. The van der Waals surface area contributed by atoms with E-state index in [1.807, 2.05) is 6.92 Å². The van der Waals surface area contributed by atoms with Gasteiger partial charge in [-0.2, -0.15) is 13.2 Å². The Hall–Kier alpha value is -1.37. The van der Waals surface area contributed by atoms with Gasteiger partial charge in [-0.05, 0) is 32.3 Å². The van der Waals surface area contributed by atoms with Gasteiger partial charge in [0.2, 0.25) is 0 Å². The Balaban J connectivity index is 2.23. The summed E-state index contributed by atoms with van der Waals surface area (Å²) < 4.78 is 50.8. The third kappa shape index (κ3) is 2.80. The first-order valence-corrected chi connectivity index (χ1v) is 5.99. The van der Waals surface area contributed by atoms with Crippen LogP contribution in [0, 0.1) is 5.82 Å². The lowest BCUT2D eigenvalue weighted by Gasteiger charge is -2.31. The number of hydrogen-bond acceptors (Lipinski definition) is 3. The van der Waals surface area contributed by atoms with Crippen LogP contribution in [0.5, 0.6) is 0 Å². The Bertz CT molecular complexity index is 475. The minimum atomic E-state index is -4.60. The Morgan fingerprint density at radius 2 is 2.16 bits per heavy atom. The zero-order valence-corrected chi connectivity index (χ0v) is 10.4. The third-order valence-corrected chi connectivity index (χ3v) is 3.60. The van der Waals surface area contributed by atoms with E-state index in [-0.39, 0.29) is 11.9 Å². The van der Waals surface area contributed by atoms with Gasteiger partial charge >= 0.3 is 6.18 Å². The van der Waals surface area contributed by atoms with Gasteiger partial charge < -0.3 is 11.1 Å². The highest BCUT2D eigenvalue weighted by Gasteiger charge is 2.38. The van der Waals surface area contributed by atoms with Crippen LogP contribution in [0.25, 0.3) is 0 Å². The van der Waals surface area contributed by atoms with Crippen molar-refractivity contribution in [3.05, 3.63) is 23.6 Å². The van der Waals surface area contributed by atoms with Gasteiger partial charge in [0.25, 0.3) is 0 Å². The molecule has 2 rings (SSSR count). The monoisotopic (exact) mass is 277 g/mol. The number of nitrogens with one attached hydrogen (secondary N) is 1. The van der Waals surface area contributed by atoms with E-state index in [1.165, 1.54) is 0 Å². The number of pyridine rings is 1. The van der Waals surface area contributed by atoms with Crippen LogP contribution >= 0.6 is 0 Å². The van der Waals surface area contributed by atoms with Crippen molar-refractivity contribution in [2.45, 2.75) is 43.9 Å². The Kier molecular flexibility index (Phi) is 3.42. The number of halogens is 4. The molecule has 0 aliphatic heterocycles. The summed E-state index contributed by atoms with van der Waals surface area (Å²) in [6, 6.07) is 0.273. The maximum absolute atomic E-state index is 13.7. The normalized spacial score (nSPS) is 27.6. The number of nitrogens with zero attached hydrogens (tertiary/aromatic N) is 1. The van der Waals surface area contributed by atoms with Crippen LogP contribution in [0.15, 0.2) is 12.3 Å². The van der Waals surface area contributed by atoms with Gasteiger partial charge in [0.15, 0.2) is 11.6 Å². The molecule has 106 valence electrons. The zero-order chi connectivity index (χ0) is 14.3. The molecule has 0 aromatic carbocycles. The van der Waals surface area contributed by atoms with Crippen LogP contribution in [0.4, 0.5) is 23.4 Å². The van der Waals surface area contributed by atoms with E-state index < -0.39 is 23.1 Å². The highest BCUT2D eigenvalue weighted by molar-refractivity contribution is 5.42. The Morgan fingerprint density at radius 1 is 1.47 bits per heavy atom. The number of rotatable bonds is 2. The highest BCUT2D eigenvalue weighted by atomic mass is 19.4. The predicted octanol–water partition coefficient (Wildman–Crippen LogP) is 2.92. The molecular formula is C12H15F4N3. The molecule has 1 aromatic heterocycles. The summed E-state index contributed by atoms with van der Waals surface area (Å²) >= 11 is 0. The molecule has 7 heteroatoms. The van der Waals surface area contributed by atoms with Crippen LogP contribution in [-0.4, -0.2) is 16.6 Å². The van der Waals surface area contributed by atoms with E-state index in [0.717, 1.165) is 19.3 Å². The number of nitrogens with two attached hydrogens (primary N) is 1. The molecule has 19 heavy (non-hydrogen) atoms. The minimum Gasteiger partial charge on any atom is -0.361 e. The highest BCUT2D eigenvalue weighted by Crippen LogP contribution is 2.34. The number of anilines is 1. The van der Waals surface area contributed by atoms with E-state index >= 15 is 0 Å². The topological polar surface area (TPSA) is 50.9 Å². The lowest BCUT2D eigenvalue weighted by Crippen LogP contribution is -2.47. The summed E-state index contributed by atoms with van der Waals surface area (Å²) in [6.07, 6.45) is -1.55. The SMILES string of the molecule is C[C@]1(Nc2ncc(C(F)(F)F)cc2F)CCCC1N.